The summed E-state index contributed by atoms with van der Waals surface area (Å²) in [6.45, 7) is 1.82. The van der Waals surface area contributed by atoms with E-state index < -0.39 is 0 Å². The average molecular weight is 317 g/mol. The van der Waals surface area contributed by atoms with E-state index in [1.165, 1.54) is 0 Å². The van der Waals surface area contributed by atoms with Gasteiger partial charge in [0.15, 0.2) is 0 Å². The van der Waals surface area contributed by atoms with Crippen molar-refractivity contribution in [3.8, 4) is 0 Å². The SMILES string of the molecule is Cc1nc(N)c2cc(Br)cc(Br)c2n1. The normalized spacial score (nSPS) is 10.8. The van der Waals surface area contributed by atoms with Crippen LogP contribution < -0.4 is 5.73 Å². The zero-order valence-electron chi connectivity index (χ0n) is 7.38. The van der Waals surface area contributed by atoms with E-state index in [4.69, 9.17) is 5.73 Å². The van der Waals surface area contributed by atoms with Crippen molar-refractivity contribution in [3.63, 3.8) is 0 Å². The molecule has 2 rings (SSSR count). The Bertz CT molecular complexity index is 464. The van der Waals surface area contributed by atoms with Crippen LogP contribution in [0.4, 0.5) is 5.82 Å². The molecule has 72 valence electrons. The lowest BCUT2D eigenvalue weighted by Gasteiger charge is -2.04. The van der Waals surface area contributed by atoms with Crippen LogP contribution in [0.25, 0.3) is 10.9 Å². The molecule has 0 radical (unpaired) electrons. The number of hydrogen-bond acceptors (Lipinski definition) is 3. The maximum Gasteiger partial charge on any atom is 0.135 e. The van der Waals surface area contributed by atoms with Gasteiger partial charge in [0.1, 0.15) is 11.6 Å². The second-order valence-corrected chi connectivity index (χ2v) is 4.71. The standard InChI is InChI=1S/C9H7Br2N3/c1-4-13-8-6(9(12)14-4)2-5(10)3-7(8)11/h2-3H,1H3,(H2,12,13,14). The molecule has 0 saturated heterocycles. The first-order chi connectivity index (χ1) is 6.58. The molecule has 1 aromatic heterocycles. The van der Waals surface area contributed by atoms with Crippen LogP contribution in [0.15, 0.2) is 21.1 Å². The van der Waals surface area contributed by atoms with Crippen molar-refractivity contribution in [1.82, 2.24) is 9.97 Å². The van der Waals surface area contributed by atoms with E-state index in [0.29, 0.717) is 11.6 Å². The largest absolute Gasteiger partial charge is 0.383 e. The Morgan fingerprint density at radius 1 is 1.21 bits per heavy atom. The second-order valence-electron chi connectivity index (χ2n) is 2.94. The van der Waals surface area contributed by atoms with Gasteiger partial charge in [-0.05, 0) is 35.0 Å². The highest BCUT2D eigenvalue weighted by Gasteiger charge is 2.07. The van der Waals surface area contributed by atoms with Crippen molar-refractivity contribution in [2.75, 3.05) is 5.73 Å². The number of fused-ring (bicyclic) bond motifs is 1. The van der Waals surface area contributed by atoms with Crippen molar-refractivity contribution in [1.29, 1.82) is 0 Å². The van der Waals surface area contributed by atoms with Crippen molar-refractivity contribution < 1.29 is 0 Å². The molecular formula is C9H7Br2N3. The summed E-state index contributed by atoms with van der Waals surface area (Å²) in [6.07, 6.45) is 0. The van der Waals surface area contributed by atoms with Gasteiger partial charge in [0, 0.05) is 14.3 Å². The summed E-state index contributed by atoms with van der Waals surface area (Å²) in [4.78, 5) is 8.43. The van der Waals surface area contributed by atoms with Gasteiger partial charge in [-0.15, -0.1) is 0 Å². The molecule has 0 saturated carbocycles. The first-order valence-corrected chi connectivity index (χ1v) is 5.55. The van der Waals surface area contributed by atoms with Gasteiger partial charge < -0.3 is 5.73 Å². The number of hydrogen-bond donors (Lipinski definition) is 1. The zero-order valence-corrected chi connectivity index (χ0v) is 10.6. The molecule has 0 unspecified atom stereocenters. The van der Waals surface area contributed by atoms with E-state index >= 15 is 0 Å². The number of benzene rings is 1. The van der Waals surface area contributed by atoms with Crippen molar-refractivity contribution in [2.45, 2.75) is 6.92 Å². The molecule has 0 aliphatic heterocycles. The number of anilines is 1. The van der Waals surface area contributed by atoms with Crippen LogP contribution >= 0.6 is 31.9 Å². The Morgan fingerprint density at radius 2 is 1.93 bits per heavy atom. The lowest BCUT2D eigenvalue weighted by molar-refractivity contribution is 1.10. The number of nitrogen functional groups attached to an aromatic ring is 1. The number of nitrogens with zero attached hydrogens (tertiary/aromatic N) is 2. The van der Waals surface area contributed by atoms with Crippen LogP contribution in [0.3, 0.4) is 0 Å². The van der Waals surface area contributed by atoms with E-state index in [2.05, 4.69) is 41.8 Å². The third kappa shape index (κ3) is 1.62. The van der Waals surface area contributed by atoms with Crippen LogP contribution in [0, 0.1) is 6.92 Å². The molecule has 2 N–H and O–H groups in total. The lowest BCUT2D eigenvalue weighted by Crippen LogP contribution is -1.97. The predicted molar refractivity (Wildman–Crippen MR) is 64.1 cm³/mol. The second kappa shape index (κ2) is 3.47. The minimum absolute atomic E-state index is 0.509. The van der Waals surface area contributed by atoms with Crippen LogP contribution in [0.5, 0.6) is 0 Å². The Balaban J connectivity index is 2.94. The van der Waals surface area contributed by atoms with Crippen LogP contribution in [0.1, 0.15) is 5.82 Å². The first-order valence-electron chi connectivity index (χ1n) is 3.97. The van der Waals surface area contributed by atoms with Gasteiger partial charge in [-0.2, -0.15) is 0 Å². The number of aryl methyl sites for hydroxylation is 1. The summed E-state index contributed by atoms with van der Waals surface area (Å²) >= 11 is 6.83. The molecule has 0 spiro atoms. The maximum absolute atomic E-state index is 5.80. The van der Waals surface area contributed by atoms with Crippen LogP contribution in [-0.4, -0.2) is 9.97 Å². The van der Waals surface area contributed by atoms with Crippen LogP contribution in [0.2, 0.25) is 0 Å². The van der Waals surface area contributed by atoms with E-state index in [9.17, 15) is 0 Å². The molecule has 0 bridgehead atoms. The topological polar surface area (TPSA) is 51.8 Å². The number of aromatic nitrogens is 2. The highest BCUT2D eigenvalue weighted by molar-refractivity contribution is 9.11. The Morgan fingerprint density at radius 3 is 2.64 bits per heavy atom. The summed E-state index contributed by atoms with van der Waals surface area (Å²) < 4.78 is 1.87. The minimum Gasteiger partial charge on any atom is -0.383 e. The van der Waals surface area contributed by atoms with Gasteiger partial charge in [-0.1, -0.05) is 15.9 Å². The highest BCUT2D eigenvalue weighted by Crippen LogP contribution is 2.29. The summed E-state index contributed by atoms with van der Waals surface area (Å²) in [6, 6.07) is 3.85. The summed E-state index contributed by atoms with van der Waals surface area (Å²) in [5.74, 6) is 1.19. The Kier molecular flexibility index (Phi) is 2.45. The van der Waals surface area contributed by atoms with E-state index in [-0.39, 0.29) is 0 Å². The molecule has 2 aromatic rings. The van der Waals surface area contributed by atoms with Gasteiger partial charge in [0.2, 0.25) is 0 Å². The van der Waals surface area contributed by atoms with Gasteiger partial charge >= 0.3 is 0 Å². The van der Waals surface area contributed by atoms with Gasteiger partial charge in [0.25, 0.3) is 0 Å². The fourth-order valence-corrected chi connectivity index (χ4v) is 2.61. The molecule has 0 fully saturated rings. The predicted octanol–water partition coefficient (Wildman–Crippen LogP) is 3.05. The molecule has 3 nitrogen and oxygen atoms in total. The fraction of sp³-hybridized carbons (Fsp3) is 0.111. The lowest BCUT2D eigenvalue weighted by atomic mass is 10.2. The molecule has 0 atom stereocenters. The monoisotopic (exact) mass is 315 g/mol. The van der Waals surface area contributed by atoms with Crippen molar-refractivity contribution >= 4 is 48.6 Å². The van der Waals surface area contributed by atoms with Gasteiger partial charge in [0.05, 0.1) is 5.52 Å². The Hall–Kier alpha value is -0.680. The van der Waals surface area contributed by atoms with Crippen LogP contribution in [-0.2, 0) is 0 Å². The molecule has 0 aliphatic carbocycles. The molecule has 0 aliphatic rings. The molecule has 5 heteroatoms. The molecule has 14 heavy (non-hydrogen) atoms. The number of nitrogens with two attached hydrogens (primary N) is 1. The number of halogens is 2. The highest BCUT2D eigenvalue weighted by atomic mass is 79.9. The maximum atomic E-state index is 5.80. The fourth-order valence-electron chi connectivity index (χ4n) is 1.30. The third-order valence-electron chi connectivity index (χ3n) is 1.86. The quantitative estimate of drug-likeness (QED) is 0.812. The summed E-state index contributed by atoms with van der Waals surface area (Å²) in [7, 11) is 0. The molecule has 1 heterocycles. The third-order valence-corrected chi connectivity index (χ3v) is 2.92. The number of rotatable bonds is 0. The Labute approximate surface area is 98.0 Å². The average Bonchev–Trinajstić information content (AvgIpc) is 2.07. The molecule has 1 aromatic carbocycles. The molecule has 0 amide bonds. The van der Waals surface area contributed by atoms with Gasteiger partial charge in [-0.25, -0.2) is 9.97 Å². The molecular weight excluding hydrogens is 310 g/mol. The minimum atomic E-state index is 0.509. The first kappa shape index (κ1) is 9.86. The van der Waals surface area contributed by atoms with E-state index in [0.717, 1.165) is 19.8 Å². The smallest absolute Gasteiger partial charge is 0.135 e. The van der Waals surface area contributed by atoms with E-state index in [1.54, 1.807) is 0 Å². The van der Waals surface area contributed by atoms with Gasteiger partial charge in [-0.3, -0.25) is 0 Å². The van der Waals surface area contributed by atoms with E-state index in [1.807, 2.05) is 19.1 Å². The zero-order chi connectivity index (χ0) is 10.3. The van der Waals surface area contributed by atoms with Crippen molar-refractivity contribution in [3.05, 3.63) is 26.9 Å². The van der Waals surface area contributed by atoms with Crippen molar-refractivity contribution in [2.24, 2.45) is 0 Å². The summed E-state index contributed by atoms with van der Waals surface area (Å²) in [5, 5.41) is 0.858. The summed E-state index contributed by atoms with van der Waals surface area (Å²) in [5.41, 5.74) is 6.65.